The second kappa shape index (κ2) is 5.19. The zero-order valence-corrected chi connectivity index (χ0v) is 12.2. The Morgan fingerprint density at radius 2 is 2.17 bits per heavy atom. The largest absolute Gasteiger partial charge is 0.353 e. The molecule has 0 radical (unpaired) electrons. The molecule has 1 fully saturated rings. The zero-order chi connectivity index (χ0) is 13.3. The highest BCUT2D eigenvalue weighted by Gasteiger charge is 2.26. The number of rotatable bonds is 4. The maximum absolute atomic E-state index is 11.7. The van der Waals surface area contributed by atoms with E-state index in [1.54, 1.807) is 6.07 Å². The standard InChI is InChI=1S/C11H14ClNO3S2/c1-7-4-8(5-7)13-10(14)6-9-2-3-11(17-9)18(12,15)16/h2-3,7-8H,4-6H2,1H3,(H,13,14). The van der Waals surface area contributed by atoms with Gasteiger partial charge in [-0.2, -0.15) is 0 Å². The smallest absolute Gasteiger partial charge is 0.270 e. The molecule has 1 N–H and O–H groups in total. The number of halogens is 1. The Bertz CT molecular complexity index is 546. The Balaban J connectivity index is 1.89. The lowest BCUT2D eigenvalue weighted by molar-refractivity contribution is -0.121. The second-order valence-corrected chi connectivity index (χ2v) is 8.64. The molecule has 1 aliphatic carbocycles. The molecule has 2 rings (SSSR count). The second-order valence-electron chi connectivity index (χ2n) is 4.68. The van der Waals surface area contributed by atoms with Gasteiger partial charge in [-0.25, -0.2) is 8.42 Å². The van der Waals surface area contributed by atoms with E-state index in [0.29, 0.717) is 10.8 Å². The normalized spacial score (nSPS) is 23.4. The summed E-state index contributed by atoms with van der Waals surface area (Å²) in [6.07, 6.45) is 2.26. The van der Waals surface area contributed by atoms with Crippen molar-refractivity contribution >= 4 is 37.0 Å². The van der Waals surface area contributed by atoms with E-state index in [9.17, 15) is 13.2 Å². The van der Waals surface area contributed by atoms with Crippen LogP contribution in [0.15, 0.2) is 16.3 Å². The molecule has 0 atom stereocenters. The fourth-order valence-electron chi connectivity index (χ4n) is 2.04. The van der Waals surface area contributed by atoms with Crippen molar-refractivity contribution in [1.29, 1.82) is 0 Å². The van der Waals surface area contributed by atoms with Crippen LogP contribution in [-0.4, -0.2) is 20.4 Å². The predicted molar refractivity (Wildman–Crippen MR) is 71.4 cm³/mol. The summed E-state index contributed by atoms with van der Waals surface area (Å²) in [5, 5.41) is 2.93. The Morgan fingerprint density at radius 1 is 1.50 bits per heavy atom. The third-order valence-electron chi connectivity index (χ3n) is 2.95. The van der Waals surface area contributed by atoms with Crippen molar-refractivity contribution in [2.75, 3.05) is 0 Å². The van der Waals surface area contributed by atoms with E-state index >= 15 is 0 Å². The molecule has 0 bridgehead atoms. The molecule has 0 unspecified atom stereocenters. The number of nitrogens with one attached hydrogen (secondary N) is 1. The average Bonchev–Trinajstić information content (AvgIpc) is 2.63. The summed E-state index contributed by atoms with van der Waals surface area (Å²) in [7, 11) is 1.54. The number of hydrogen-bond acceptors (Lipinski definition) is 4. The first kappa shape index (κ1) is 13.8. The Kier molecular flexibility index (Phi) is 3.99. The van der Waals surface area contributed by atoms with E-state index in [1.807, 2.05) is 0 Å². The number of hydrogen-bond donors (Lipinski definition) is 1. The summed E-state index contributed by atoms with van der Waals surface area (Å²) in [6.45, 7) is 2.15. The monoisotopic (exact) mass is 307 g/mol. The lowest BCUT2D eigenvalue weighted by atomic mass is 9.82. The average molecular weight is 308 g/mol. The number of carbonyl (C=O) groups is 1. The van der Waals surface area contributed by atoms with Crippen molar-refractivity contribution in [2.24, 2.45) is 5.92 Å². The van der Waals surface area contributed by atoms with Gasteiger partial charge in [0.15, 0.2) is 0 Å². The fourth-order valence-corrected chi connectivity index (χ4v) is 4.16. The minimum absolute atomic E-state index is 0.0627. The van der Waals surface area contributed by atoms with Gasteiger partial charge in [0.25, 0.3) is 9.05 Å². The van der Waals surface area contributed by atoms with Crippen LogP contribution in [0.2, 0.25) is 0 Å². The van der Waals surface area contributed by atoms with Gasteiger partial charge in [0.1, 0.15) is 4.21 Å². The Morgan fingerprint density at radius 3 is 2.67 bits per heavy atom. The molecule has 0 aromatic carbocycles. The first-order chi connectivity index (χ1) is 8.34. The van der Waals surface area contributed by atoms with Gasteiger partial charge < -0.3 is 5.32 Å². The first-order valence-corrected chi connectivity index (χ1v) is 8.80. The van der Waals surface area contributed by atoms with Gasteiger partial charge in [-0.15, -0.1) is 11.3 Å². The van der Waals surface area contributed by atoms with Crippen LogP contribution in [-0.2, 0) is 20.3 Å². The third kappa shape index (κ3) is 3.46. The van der Waals surface area contributed by atoms with Gasteiger partial charge in [0.2, 0.25) is 5.91 Å². The van der Waals surface area contributed by atoms with Crippen molar-refractivity contribution in [3.8, 4) is 0 Å². The summed E-state index contributed by atoms with van der Waals surface area (Å²) in [4.78, 5) is 12.4. The van der Waals surface area contributed by atoms with Crippen molar-refractivity contribution in [2.45, 2.75) is 36.4 Å². The molecule has 0 spiro atoms. The topological polar surface area (TPSA) is 63.2 Å². The maximum atomic E-state index is 11.7. The minimum atomic E-state index is -3.68. The summed E-state index contributed by atoms with van der Waals surface area (Å²) in [5.41, 5.74) is 0. The van der Waals surface area contributed by atoms with E-state index in [-0.39, 0.29) is 22.6 Å². The summed E-state index contributed by atoms with van der Waals surface area (Å²) in [5.74, 6) is 0.623. The molecule has 1 aromatic heterocycles. The molecule has 7 heteroatoms. The van der Waals surface area contributed by atoms with E-state index in [0.717, 1.165) is 24.2 Å². The molecule has 1 aromatic rings. The van der Waals surface area contributed by atoms with E-state index in [2.05, 4.69) is 12.2 Å². The third-order valence-corrected chi connectivity index (χ3v) is 6.13. The van der Waals surface area contributed by atoms with E-state index in [4.69, 9.17) is 10.7 Å². The van der Waals surface area contributed by atoms with Crippen LogP contribution >= 0.6 is 22.0 Å². The highest BCUT2D eigenvalue weighted by atomic mass is 35.7. The van der Waals surface area contributed by atoms with Crippen LogP contribution < -0.4 is 5.32 Å². The molecule has 4 nitrogen and oxygen atoms in total. The fraction of sp³-hybridized carbons (Fsp3) is 0.545. The molecule has 100 valence electrons. The van der Waals surface area contributed by atoms with Gasteiger partial charge in [0.05, 0.1) is 6.42 Å². The lowest BCUT2D eigenvalue weighted by Gasteiger charge is -2.33. The van der Waals surface area contributed by atoms with Gasteiger partial charge in [0, 0.05) is 21.6 Å². The van der Waals surface area contributed by atoms with E-state index < -0.39 is 9.05 Å². The molecule has 1 aliphatic rings. The Hall–Kier alpha value is -0.590. The van der Waals surface area contributed by atoms with Crippen LogP contribution in [0.3, 0.4) is 0 Å². The highest BCUT2D eigenvalue weighted by Crippen LogP contribution is 2.27. The number of thiophene rings is 1. The van der Waals surface area contributed by atoms with Crippen LogP contribution in [0.25, 0.3) is 0 Å². The van der Waals surface area contributed by atoms with Crippen molar-refractivity contribution < 1.29 is 13.2 Å². The van der Waals surface area contributed by atoms with Crippen LogP contribution in [0.5, 0.6) is 0 Å². The van der Waals surface area contributed by atoms with Crippen LogP contribution in [0, 0.1) is 5.92 Å². The molecule has 0 saturated heterocycles. The minimum Gasteiger partial charge on any atom is -0.353 e. The zero-order valence-electron chi connectivity index (χ0n) is 9.85. The molecule has 1 amide bonds. The van der Waals surface area contributed by atoms with Gasteiger partial charge in [-0.05, 0) is 30.9 Å². The highest BCUT2D eigenvalue weighted by molar-refractivity contribution is 8.15. The molecule has 1 heterocycles. The molecule has 0 aliphatic heterocycles. The predicted octanol–water partition coefficient (Wildman–Crippen LogP) is 2.13. The SMILES string of the molecule is CC1CC(NC(=O)Cc2ccc(S(=O)(=O)Cl)s2)C1. The quantitative estimate of drug-likeness (QED) is 0.867. The number of amides is 1. The molecular weight excluding hydrogens is 294 g/mol. The Labute approximate surface area is 115 Å². The van der Waals surface area contributed by atoms with Crippen LogP contribution in [0.1, 0.15) is 24.6 Å². The van der Waals surface area contributed by atoms with Gasteiger partial charge >= 0.3 is 0 Å². The molecular formula is C11H14ClNO3S2. The van der Waals surface area contributed by atoms with Crippen molar-refractivity contribution in [3.63, 3.8) is 0 Å². The van der Waals surface area contributed by atoms with Crippen molar-refractivity contribution in [1.82, 2.24) is 5.32 Å². The van der Waals surface area contributed by atoms with Gasteiger partial charge in [-0.3, -0.25) is 4.79 Å². The summed E-state index contributed by atoms with van der Waals surface area (Å²) < 4.78 is 22.2. The summed E-state index contributed by atoms with van der Waals surface area (Å²) in [6, 6.07) is 3.34. The molecule has 1 saturated carbocycles. The van der Waals surface area contributed by atoms with Gasteiger partial charge in [-0.1, -0.05) is 6.92 Å². The number of carbonyl (C=O) groups excluding carboxylic acids is 1. The maximum Gasteiger partial charge on any atom is 0.270 e. The summed E-state index contributed by atoms with van der Waals surface area (Å²) >= 11 is 1.04. The first-order valence-electron chi connectivity index (χ1n) is 5.67. The lowest BCUT2D eigenvalue weighted by Crippen LogP contribution is -2.43. The van der Waals surface area contributed by atoms with E-state index in [1.165, 1.54) is 6.07 Å². The van der Waals surface area contributed by atoms with Crippen LogP contribution in [0.4, 0.5) is 0 Å². The molecule has 18 heavy (non-hydrogen) atoms. The van der Waals surface area contributed by atoms with Crippen molar-refractivity contribution in [3.05, 3.63) is 17.0 Å².